The van der Waals surface area contributed by atoms with Gasteiger partial charge in [0.15, 0.2) is 11.4 Å². The minimum absolute atomic E-state index is 0.548. The Morgan fingerprint density at radius 1 is 0.464 bits per heavy atom. The Balaban J connectivity index is 1.19. The number of aromatic nitrogens is 4. The number of para-hydroxylation sites is 3. The summed E-state index contributed by atoms with van der Waals surface area (Å²) in [5.41, 5.74) is 12.0. The van der Waals surface area contributed by atoms with E-state index in [1.165, 1.54) is 10.8 Å². The highest BCUT2D eigenvalue weighted by molar-refractivity contribution is 6.12. The molecular formula is C49H26N6O. The maximum atomic E-state index is 7.73. The Labute approximate surface area is 320 Å². The number of hydrogen-bond acceptors (Lipinski definition) is 3. The maximum absolute atomic E-state index is 7.73. The largest absolute Gasteiger partial charge is 0.457 e. The molecule has 0 amide bonds. The average Bonchev–Trinajstić information content (AvgIpc) is 3.87. The number of rotatable bonds is 2. The Bertz CT molecular complexity index is 3330. The van der Waals surface area contributed by atoms with E-state index in [0.717, 1.165) is 89.4 Å². The van der Waals surface area contributed by atoms with Crippen LogP contribution in [-0.2, 0) is 5.41 Å². The topological polar surface area (TPSA) is 53.6 Å². The molecule has 56 heavy (non-hydrogen) atoms. The number of hydrogen-bond donors (Lipinski definition) is 0. The lowest BCUT2D eigenvalue weighted by Crippen LogP contribution is -2.32. The third-order valence-corrected chi connectivity index (χ3v) is 11.7. The van der Waals surface area contributed by atoms with Crippen LogP contribution in [0, 0.1) is 13.1 Å². The van der Waals surface area contributed by atoms with Gasteiger partial charge in [-0.1, -0.05) is 72.8 Å². The molecule has 1 atom stereocenters. The molecule has 7 heteroatoms. The van der Waals surface area contributed by atoms with Crippen molar-refractivity contribution in [2.45, 2.75) is 5.41 Å². The standard InChI is InChI=1S/C49H26N6O/c1-50-29-17-20-43-35(24-29)36-25-30(51-2)18-21-44(36)55(43)32-27-40-48(53-28-32)47-38(13-9-23-52-47)49(40)37-12-5-8-16-45(37)56-46-22-19-31(26-39(46)49)54-41-14-6-3-10-33(41)34-11-4-7-15-42(34)54/h3-28H. The second-order valence-electron chi connectivity index (χ2n) is 14.3. The van der Waals surface area contributed by atoms with Gasteiger partial charge in [-0.25, -0.2) is 9.69 Å². The van der Waals surface area contributed by atoms with Crippen LogP contribution in [0.25, 0.3) is 76.1 Å². The van der Waals surface area contributed by atoms with Gasteiger partial charge in [0.2, 0.25) is 0 Å². The lowest BCUT2D eigenvalue weighted by molar-refractivity contribution is 0.436. The summed E-state index contributed by atoms with van der Waals surface area (Å²) in [5, 5.41) is 4.23. The van der Waals surface area contributed by atoms with Crippen molar-refractivity contribution in [1.29, 1.82) is 0 Å². The first-order valence-corrected chi connectivity index (χ1v) is 18.4. The van der Waals surface area contributed by atoms with E-state index in [1.807, 2.05) is 67.0 Å². The van der Waals surface area contributed by atoms with E-state index in [4.69, 9.17) is 27.8 Å². The molecule has 10 aromatic rings. The van der Waals surface area contributed by atoms with Crippen LogP contribution in [0.4, 0.5) is 11.4 Å². The number of nitrogens with zero attached hydrogens (tertiary/aromatic N) is 6. The lowest BCUT2D eigenvalue weighted by atomic mass is 9.66. The Morgan fingerprint density at radius 3 is 1.75 bits per heavy atom. The summed E-state index contributed by atoms with van der Waals surface area (Å²) in [7, 11) is 0. The predicted octanol–water partition coefficient (Wildman–Crippen LogP) is 12.2. The molecule has 2 aliphatic rings. The molecule has 0 saturated heterocycles. The minimum atomic E-state index is -0.825. The van der Waals surface area contributed by atoms with Crippen LogP contribution in [-0.4, -0.2) is 19.1 Å². The van der Waals surface area contributed by atoms with Crippen LogP contribution < -0.4 is 4.74 Å². The van der Waals surface area contributed by atoms with Gasteiger partial charge in [-0.05, 0) is 89.1 Å². The molecule has 0 bridgehead atoms. The highest BCUT2D eigenvalue weighted by Crippen LogP contribution is 2.62. The molecule has 5 heterocycles. The zero-order valence-electron chi connectivity index (χ0n) is 29.6. The monoisotopic (exact) mass is 714 g/mol. The highest BCUT2D eigenvalue weighted by Gasteiger charge is 2.52. The first-order chi connectivity index (χ1) is 27.7. The Morgan fingerprint density at radius 2 is 1.04 bits per heavy atom. The van der Waals surface area contributed by atoms with Crippen molar-refractivity contribution in [2.75, 3.05) is 0 Å². The minimum Gasteiger partial charge on any atom is -0.457 e. The Hall–Kier alpha value is -8.00. The first-order valence-electron chi connectivity index (χ1n) is 18.4. The van der Waals surface area contributed by atoms with Gasteiger partial charge in [-0.2, -0.15) is 0 Å². The van der Waals surface area contributed by atoms with Gasteiger partial charge in [-0.15, -0.1) is 0 Å². The summed E-state index contributed by atoms with van der Waals surface area (Å²) in [4.78, 5) is 17.7. The molecule has 0 radical (unpaired) electrons. The highest BCUT2D eigenvalue weighted by atomic mass is 16.5. The fourth-order valence-electron chi connectivity index (χ4n) is 9.46. The fourth-order valence-corrected chi connectivity index (χ4v) is 9.46. The van der Waals surface area contributed by atoms with Crippen molar-refractivity contribution < 1.29 is 4.74 Å². The van der Waals surface area contributed by atoms with Crippen LogP contribution in [0.1, 0.15) is 22.3 Å². The second kappa shape index (κ2) is 11.0. The van der Waals surface area contributed by atoms with E-state index in [1.54, 1.807) is 0 Å². The van der Waals surface area contributed by atoms with Crippen molar-refractivity contribution >= 4 is 55.0 Å². The third-order valence-electron chi connectivity index (χ3n) is 11.7. The molecule has 1 aliphatic carbocycles. The number of benzene rings is 6. The van der Waals surface area contributed by atoms with Gasteiger partial charge >= 0.3 is 0 Å². The molecule has 6 aromatic carbocycles. The second-order valence-corrected chi connectivity index (χ2v) is 14.3. The lowest BCUT2D eigenvalue weighted by Gasteiger charge is -2.39. The molecular weight excluding hydrogens is 689 g/mol. The van der Waals surface area contributed by atoms with Gasteiger partial charge in [0.1, 0.15) is 11.5 Å². The normalized spacial score (nSPS) is 15.0. The van der Waals surface area contributed by atoms with Gasteiger partial charge < -0.3 is 13.9 Å². The van der Waals surface area contributed by atoms with E-state index >= 15 is 0 Å². The molecule has 1 aliphatic heterocycles. The van der Waals surface area contributed by atoms with E-state index in [9.17, 15) is 0 Å². The van der Waals surface area contributed by atoms with Crippen molar-refractivity contribution in [1.82, 2.24) is 19.1 Å². The molecule has 1 unspecified atom stereocenters. The number of ether oxygens (including phenoxy) is 1. The summed E-state index contributed by atoms with van der Waals surface area (Å²) in [6, 6.07) is 50.0. The van der Waals surface area contributed by atoms with Crippen LogP contribution in [0.15, 0.2) is 158 Å². The third kappa shape index (κ3) is 3.83. The SMILES string of the molecule is [C-]#[N+]c1ccc2c(c1)c1cc([N+]#[C-])ccc1n2-c1cnc2c(c1)C1(c3ccccc3Oc3ccc(-n4c5ccccc5c5ccccc54)cc31)c1cccnc1-2. The smallest absolute Gasteiger partial charge is 0.188 e. The fraction of sp³-hybridized carbons (Fsp3) is 0.0204. The maximum Gasteiger partial charge on any atom is 0.188 e. The van der Waals surface area contributed by atoms with Crippen molar-refractivity contribution in [3.8, 4) is 34.3 Å². The molecule has 4 aromatic heterocycles. The quantitative estimate of drug-likeness (QED) is 0.168. The molecule has 12 rings (SSSR count). The Kier molecular flexibility index (Phi) is 5.99. The van der Waals surface area contributed by atoms with Crippen LogP contribution in [0.5, 0.6) is 11.5 Å². The summed E-state index contributed by atoms with van der Waals surface area (Å²) < 4.78 is 11.3. The molecule has 0 fully saturated rings. The number of fused-ring (bicyclic) bond motifs is 15. The van der Waals surface area contributed by atoms with Crippen molar-refractivity contribution in [2.24, 2.45) is 0 Å². The van der Waals surface area contributed by atoms with Crippen molar-refractivity contribution in [3.63, 3.8) is 0 Å². The first kappa shape index (κ1) is 30.5. The van der Waals surface area contributed by atoms with Gasteiger partial charge in [-0.3, -0.25) is 9.97 Å². The van der Waals surface area contributed by atoms with Gasteiger partial charge in [0.05, 0.1) is 63.9 Å². The predicted molar refractivity (Wildman–Crippen MR) is 221 cm³/mol. The molecule has 0 saturated carbocycles. The van der Waals surface area contributed by atoms with E-state index in [2.05, 4.69) is 110 Å². The average molecular weight is 715 g/mol. The van der Waals surface area contributed by atoms with Crippen LogP contribution >= 0.6 is 0 Å². The molecule has 0 N–H and O–H groups in total. The summed E-state index contributed by atoms with van der Waals surface area (Å²) in [6.45, 7) is 15.5. The summed E-state index contributed by atoms with van der Waals surface area (Å²) in [6.07, 6.45) is 3.76. The number of pyridine rings is 2. The summed E-state index contributed by atoms with van der Waals surface area (Å²) in [5.74, 6) is 1.56. The molecule has 7 nitrogen and oxygen atoms in total. The summed E-state index contributed by atoms with van der Waals surface area (Å²) >= 11 is 0. The van der Waals surface area contributed by atoms with E-state index < -0.39 is 5.41 Å². The van der Waals surface area contributed by atoms with Gasteiger partial charge in [0, 0.05) is 39.3 Å². The van der Waals surface area contributed by atoms with E-state index in [0.29, 0.717) is 11.4 Å². The van der Waals surface area contributed by atoms with Crippen LogP contribution in [0.3, 0.4) is 0 Å². The zero-order valence-corrected chi connectivity index (χ0v) is 29.6. The molecule has 258 valence electrons. The zero-order chi connectivity index (χ0) is 37.1. The van der Waals surface area contributed by atoms with Crippen molar-refractivity contribution in [3.05, 3.63) is 203 Å². The van der Waals surface area contributed by atoms with Crippen LogP contribution in [0.2, 0.25) is 0 Å². The van der Waals surface area contributed by atoms with E-state index in [-0.39, 0.29) is 0 Å². The van der Waals surface area contributed by atoms with Gasteiger partial charge in [0.25, 0.3) is 0 Å². The molecule has 1 spiro atoms.